The van der Waals surface area contributed by atoms with Gasteiger partial charge in [0.05, 0.1) is 14.2 Å². The van der Waals surface area contributed by atoms with E-state index in [-0.39, 0.29) is 11.0 Å². The Balaban J connectivity index is 1.88. The van der Waals surface area contributed by atoms with Crippen molar-refractivity contribution in [2.24, 2.45) is 0 Å². The molecule has 5 heteroatoms. The van der Waals surface area contributed by atoms with Crippen LogP contribution in [-0.4, -0.2) is 20.0 Å². The minimum Gasteiger partial charge on any atom is -0.493 e. The molecule has 3 nitrogen and oxygen atoms in total. The average molecular weight is 413 g/mol. The fourth-order valence-corrected chi connectivity index (χ4v) is 4.17. The number of methoxy groups -OCH3 is 2. The topological polar surface area (TPSA) is 35.5 Å². The van der Waals surface area contributed by atoms with Crippen LogP contribution in [0.15, 0.2) is 77.7 Å². The van der Waals surface area contributed by atoms with E-state index in [0.29, 0.717) is 22.9 Å². The zero-order valence-corrected chi connectivity index (χ0v) is 17.3. The molecular formula is C23H21ClO3S. The predicted octanol–water partition coefficient (Wildman–Crippen LogP) is 6.46. The van der Waals surface area contributed by atoms with Crippen molar-refractivity contribution in [3.05, 3.63) is 88.9 Å². The third kappa shape index (κ3) is 5.09. The van der Waals surface area contributed by atoms with Crippen molar-refractivity contribution in [3.8, 4) is 11.5 Å². The second-order valence-corrected chi connectivity index (χ2v) is 7.88. The summed E-state index contributed by atoms with van der Waals surface area (Å²) in [5, 5.41) is 0.621. The Labute approximate surface area is 174 Å². The van der Waals surface area contributed by atoms with Crippen LogP contribution >= 0.6 is 23.4 Å². The van der Waals surface area contributed by atoms with E-state index < -0.39 is 0 Å². The van der Waals surface area contributed by atoms with Crippen LogP contribution in [-0.2, 0) is 0 Å². The lowest BCUT2D eigenvalue weighted by Crippen LogP contribution is -2.05. The van der Waals surface area contributed by atoms with Gasteiger partial charge in [0, 0.05) is 27.2 Å². The maximum Gasteiger partial charge on any atom is 0.164 e. The van der Waals surface area contributed by atoms with E-state index in [9.17, 15) is 4.79 Å². The van der Waals surface area contributed by atoms with Gasteiger partial charge in [-0.1, -0.05) is 54.1 Å². The fraction of sp³-hybridized carbons (Fsp3) is 0.174. The molecule has 1 atom stereocenters. The summed E-state index contributed by atoms with van der Waals surface area (Å²) >= 11 is 7.67. The van der Waals surface area contributed by atoms with Gasteiger partial charge in [0.15, 0.2) is 17.3 Å². The molecule has 0 spiro atoms. The Morgan fingerprint density at radius 3 is 2.25 bits per heavy atom. The lowest BCUT2D eigenvalue weighted by molar-refractivity contribution is 0.0982. The SMILES string of the molecule is COc1ccc(SC(CC(=O)c2ccccc2)c2ccc(Cl)cc2)cc1OC. The molecule has 144 valence electrons. The molecule has 0 heterocycles. The normalized spacial score (nSPS) is 11.7. The van der Waals surface area contributed by atoms with Crippen molar-refractivity contribution in [1.82, 2.24) is 0 Å². The number of benzene rings is 3. The molecule has 3 aromatic carbocycles. The van der Waals surface area contributed by atoms with Crippen LogP contribution in [0.3, 0.4) is 0 Å². The van der Waals surface area contributed by atoms with E-state index in [4.69, 9.17) is 21.1 Å². The highest BCUT2D eigenvalue weighted by molar-refractivity contribution is 7.99. The number of Topliss-reactive ketones (excluding diaryl/α,β-unsaturated/α-hetero) is 1. The molecule has 0 N–H and O–H groups in total. The van der Waals surface area contributed by atoms with E-state index >= 15 is 0 Å². The van der Waals surface area contributed by atoms with Crippen molar-refractivity contribution >= 4 is 29.1 Å². The molecule has 28 heavy (non-hydrogen) atoms. The first-order valence-corrected chi connectivity index (χ1v) is 10.1. The third-order valence-electron chi connectivity index (χ3n) is 4.34. The van der Waals surface area contributed by atoms with Gasteiger partial charge in [0.1, 0.15) is 0 Å². The standard InChI is InChI=1S/C23H21ClO3S/c1-26-21-13-12-19(14-22(21)27-2)28-23(17-8-10-18(24)11-9-17)15-20(25)16-6-4-3-5-7-16/h3-14,23H,15H2,1-2H3. The summed E-state index contributed by atoms with van der Waals surface area (Å²) in [4.78, 5) is 13.8. The minimum atomic E-state index is -0.0527. The molecule has 1 unspecified atom stereocenters. The first kappa shape index (κ1) is 20.3. The molecule has 0 saturated carbocycles. The van der Waals surface area contributed by atoms with Crippen molar-refractivity contribution in [2.45, 2.75) is 16.6 Å². The summed E-state index contributed by atoms with van der Waals surface area (Å²) in [6.45, 7) is 0. The summed E-state index contributed by atoms with van der Waals surface area (Å²) in [5.41, 5.74) is 1.77. The fourth-order valence-electron chi connectivity index (χ4n) is 2.87. The zero-order chi connectivity index (χ0) is 19.9. The maximum absolute atomic E-state index is 12.8. The highest BCUT2D eigenvalue weighted by Gasteiger charge is 2.19. The van der Waals surface area contributed by atoms with E-state index in [0.717, 1.165) is 16.0 Å². The quantitative estimate of drug-likeness (QED) is 0.314. The first-order valence-electron chi connectivity index (χ1n) is 8.83. The smallest absolute Gasteiger partial charge is 0.164 e. The highest BCUT2D eigenvalue weighted by atomic mass is 35.5. The summed E-state index contributed by atoms with van der Waals surface area (Å²) in [6.07, 6.45) is 0.380. The monoisotopic (exact) mass is 412 g/mol. The largest absolute Gasteiger partial charge is 0.493 e. The van der Waals surface area contributed by atoms with Crippen molar-refractivity contribution in [2.75, 3.05) is 14.2 Å². The van der Waals surface area contributed by atoms with E-state index in [2.05, 4.69) is 0 Å². The number of hydrogen-bond acceptors (Lipinski definition) is 4. The molecule has 0 bridgehead atoms. The van der Waals surface area contributed by atoms with Gasteiger partial charge in [-0.3, -0.25) is 4.79 Å². The lowest BCUT2D eigenvalue weighted by atomic mass is 10.0. The van der Waals surface area contributed by atoms with Crippen LogP contribution < -0.4 is 9.47 Å². The third-order valence-corrected chi connectivity index (χ3v) is 5.84. The van der Waals surface area contributed by atoms with Gasteiger partial charge >= 0.3 is 0 Å². The molecule has 0 radical (unpaired) electrons. The zero-order valence-electron chi connectivity index (χ0n) is 15.7. The molecule has 0 fully saturated rings. The van der Waals surface area contributed by atoms with Crippen molar-refractivity contribution < 1.29 is 14.3 Å². The number of carbonyl (C=O) groups is 1. The van der Waals surface area contributed by atoms with Crippen LogP contribution in [0.5, 0.6) is 11.5 Å². The van der Waals surface area contributed by atoms with E-state index in [1.807, 2.05) is 72.8 Å². The molecular weight excluding hydrogens is 392 g/mol. The van der Waals surface area contributed by atoms with Crippen LogP contribution in [0.25, 0.3) is 0 Å². The van der Waals surface area contributed by atoms with Gasteiger partial charge < -0.3 is 9.47 Å². The predicted molar refractivity (Wildman–Crippen MR) is 115 cm³/mol. The summed E-state index contributed by atoms with van der Waals surface area (Å²) < 4.78 is 10.7. The molecule has 0 aliphatic carbocycles. The number of ketones is 1. The highest BCUT2D eigenvalue weighted by Crippen LogP contribution is 2.41. The van der Waals surface area contributed by atoms with Gasteiger partial charge in [-0.25, -0.2) is 0 Å². The second-order valence-electron chi connectivity index (χ2n) is 6.17. The van der Waals surface area contributed by atoms with Gasteiger partial charge in [0.25, 0.3) is 0 Å². The molecule has 3 aromatic rings. The number of hydrogen-bond donors (Lipinski definition) is 0. The average Bonchev–Trinajstić information content (AvgIpc) is 2.74. The number of ether oxygens (including phenoxy) is 2. The Hall–Kier alpha value is -2.43. The minimum absolute atomic E-state index is 0.0527. The van der Waals surface area contributed by atoms with E-state index in [1.54, 1.807) is 26.0 Å². The van der Waals surface area contributed by atoms with Gasteiger partial charge in [-0.2, -0.15) is 0 Å². The molecule has 0 saturated heterocycles. The Kier molecular flexibility index (Phi) is 7.01. The van der Waals surface area contributed by atoms with Crippen LogP contribution in [0.1, 0.15) is 27.6 Å². The number of halogens is 1. The summed E-state index contributed by atoms with van der Waals surface area (Å²) in [7, 11) is 3.22. The molecule has 0 aromatic heterocycles. The van der Waals surface area contributed by atoms with Crippen LogP contribution in [0.4, 0.5) is 0 Å². The summed E-state index contributed by atoms with van der Waals surface area (Å²) in [6, 6.07) is 22.8. The Morgan fingerprint density at radius 1 is 0.929 bits per heavy atom. The number of carbonyl (C=O) groups excluding carboxylic acids is 1. The van der Waals surface area contributed by atoms with Crippen molar-refractivity contribution in [1.29, 1.82) is 0 Å². The van der Waals surface area contributed by atoms with Gasteiger partial charge in [0.2, 0.25) is 0 Å². The maximum atomic E-state index is 12.8. The van der Waals surface area contributed by atoms with E-state index in [1.165, 1.54) is 0 Å². The number of rotatable bonds is 8. The molecule has 0 aliphatic heterocycles. The number of thioether (sulfide) groups is 1. The van der Waals surface area contributed by atoms with Gasteiger partial charge in [-0.05, 0) is 35.9 Å². The lowest BCUT2D eigenvalue weighted by Gasteiger charge is -2.18. The second kappa shape index (κ2) is 9.67. The van der Waals surface area contributed by atoms with Gasteiger partial charge in [-0.15, -0.1) is 11.8 Å². The molecule has 0 aliphatic rings. The van der Waals surface area contributed by atoms with Crippen molar-refractivity contribution in [3.63, 3.8) is 0 Å². The molecule has 0 amide bonds. The Bertz CT molecular complexity index is 926. The summed E-state index contributed by atoms with van der Waals surface area (Å²) in [5.74, 6) is 1.44. The van der Waals surface area contributed by atoms with Crippen LogP contribution in [0.2, 0.25) is 5.02 Å². The van der Waals surface area contributed by atoms with Crippen LogP contribution in [0, 0.1) is 0 Å². The Morgan fingerprint density at radius 2 is 1.61 bits per heavy atom. The first-order chi connectivity index (χ1) is 13.6. The molecule has 3 rings (SSSR count).